The molecule has 2 aromatic rings. The minimum Gasteiger partial charge on any atom is -0.478 e. The molecule has 17 heavy (non-hydrogen) atoms. The van der Waals surface area contributed by atoms with Crippen molar-refractivity contribution in [2.45, 2.75) is 6.92 Å². The number of aromatic carboxylic acids is 1. The lowest BCUT2D eigenvalue weighted by Gasteiger charge is -2.01. The first-order valence-corrected chi connectivity index (χ1v) is 4.76. The molecule has 0 aliphatic rings. The van der Waals surface area contributed by atoms with E-state index in [2.05, 4.69) is 10.2 Å². The van der Waals surface area contributed by atoms with Gasteiger partial charge < -0.3 is 5.11 Å². The van der Waals surface area contributed by atoms with E-state index in [0.717, 1.165) is 0 Å². The molecule has 2 heterocycles. The molecule has 0 aliphatic carbocycles. The van der Waals surface area contributed by atoms with Gasteiger partial charge in [0.05, 0.1) is 17.5 Å². The summed E-state index contributed by atoms with van der Waals surface area (Å²) in [6.07, 6.45) is 2.57. The number of nitriles is 1. The highest BCUT2D eigenvalue weighted by atomic mass is 16.4. The van der Waals surface area contributed by atoms with Gasteiger partial charge in [-0.15, -0.1) is 0 Å². The lowest BCUT2D eigenvalue weighted by molar-refractivity contribution is 0.0697. The maximum Gasteiger partial charge on any atom is 0.338 e. The van der Waals surface area contributed by atoms with E-state index in [1.165, 1.54) is 21.8 Å². The molecular weight excluding hydrogens is 222 g/mol. The number of hydrogen-bond acceptors (Lipinski definition) is 4. The highest BCUT2D eigenvalue weighted by Gasteiger charge is 2.16. The van der Waals surface area contributed by atoms with Gasteiger partial charge in [-0.2, -0.15) is 15.5 Å². The Morgan fingerprint density at radius 1 is 1.59 bits per heavy atom. The number of nitrogens with zero attached hydrogens (tertiary/aromatic N) is 5. The molecule has 0 atom stereocenters. The summed E-state index contributed by atoms with van der Waals surface area (Å²) >= 11 is 0. The predicted molar refractivity (Wildman–Crippen MR) is 56.7 cm³/mol. The van der Waals surface area contributed by atoms with Crippen molar-refractivity contribution in [1.82, 2.24) is 19.6 Å². The van der Waals surface area contributed by atoms with Gasteiger partial charge in [0.1, 0.15) is 11.6 Å². The zero-order chi connectivity index (χ0) is 12.6. The third kappa shape index (κ3) is 1.65. The van der Waals surface area contributed by atoms with Crippen LogP contribution in [0.1, 0.15) is 21.6 Å². The number of carbonyl (C=O) groups is 1. The monoisotopic (exact) mass is 231 g/mol. The summed E-state index contributed by atoms with van der Waals surface area (Å²) in [6, 6.07) is 2.03. The fourth-order valence-electron chi connectivity index (χ4n) is 1.59. The van der Waals surface area contributed by atoms with Gasteiger partial charge in [0, 0.05) is 13.2 Å². The second kappa shape index (κ2) is 3.75. The summed E-state index contributed by atoms with van der Waals surface area (Å²) in [4.78, 5) is 10.7. The number of aryl methyl sites for hydroxylation is 2. The second-order valence-corrected chi connectivity index (χ2v) is 3.50. The van der Waals surface area contributed by atoms with E-state index in [4.69, 9.17) is 10.4 Å². The van der Waals surface area contributed by atoms with Gasteiger partial charge in [-0.3, -0.25) is 0 Å². The van der Waals surface area contributed by atoms with E-state index in [1.807, 2.05) is 6.07 Å². The van der Waals surface area contributed by atoms with Crippen molar-refractivity contribution in [2.75, 3.05) is 0 Å². The van der Waals surface area contributed by atoms with E-state index in [0.29, 0.717) is 17.1 Å². The Morgan fingerprint density at radius 3 is 2.82 bits per heavy atom. The van der Waals surface area contributed by atoms with Crippen molar-refractivity contribution >= 4 is 5.97 Å². The Labute approximate surface area is 96.5 Å². The normalized spacial score (nSPS) is 10.2. The van der Waals surface area contributed by atoms with Crippen molar-refractivity contribution in [3.63, 3.8) is 0 Å². The number of carboxylic acid groups (broad SMARTS) is 1. The fraction of sp³-hybridized carbons (Fsp3) is 0.200. The van der Waals surface area contributed by atoms with Crippen molar-refractivity contribution < 1.29 is 9.90 Å². The third-order valence-corrected chi connectivity index (χ3v) is 2.35. The minimum atomic E-state index is -1.06. The standard InChI is InChI=1S/C10H9N5O2/c1-6-8(3-11)9(14(2)13-6)15-5-7(4-12-15)10(16)17/h4-5H,1-2H3,(H,16,17). The Morgan fingerprint density at radius 2 is 2.29 bits per heavy atom. The van der Waals surface area contributed by atoms with Crippen LogP contribution in [-0.2, 0) is 7.05 Å². The molecule has 7 heteroatoms. The van der Waals surface area contributed by atoms with Crippen LogP contribution in [0.15, 0.2) is 12.4 Å². The number of aromatic nitrogens is 4. The van der Waals surface area contributed by atoms with Crippen LogP contribution in [0, 0.1) is 18.3 Å². The van der Waals surface area contributed by atoms with E-state index >= 15 is 0 Å². The lowest BCUT2D eigenvalue weighted by Crippen LogP contribution is -2.05. The van der Waals surface area contributed by atoms with Crippen molar-refractivity contribution in [1.29, 1.82) is 5.26 Å². The molecule has 0 radical (unpaired) electrons. The number of hydrogen-bond donors (Lipinski definition) is 1. The SMILES string of the molecule is Cc1nn(C)c(-n2cc(C(=O)O)cn2)c1C#N. The average Bonchev–Trinajstić information content (AvgIpc) is 2.82. The first kappa shape index (κ1) is 10.9. The molecule has 2 aromatic heterocycles. The first-order valence-electron chi connectivity index (χ1n) is 4.76. The molecule has 1 N–H and O–H groups in total. The van der Waals surface area contributed by atoms with Crippen LogP contribution in [0.3, 0.4) is 0 Å². The molecular formula is C10H9N5O2. The summed E-state index contributed by atoms with van der Waals surface area (Å²) in [7, 11) is 1.67. The lowest BCUT2D eigenvalue weighted by atomic mass is 10.2. The highest BCUT2D eigenvalue weighted by molar-refractivity contribution is 5.87. The Bertz CT molecular complexity index is 632. The fourth-order valence-corrected chi connectivity index (χ4v) is 1.59. The highest BCUT2D eigenvalue weighted by Crippen LogP contribution is 2.16. The first-order chi connectivity index (χ1) is 8.04. The topological polar surface area (TPSA) is 96.7 Å². The van der Waals surface area contributed by atoms with Gasteiger partial charge in [0.2, 0.25) is 0 Å². The van der Waals surface area contributed by atoms with Gasteiger partial charge in [-0.1, -0.05) is 0 Å². The molecule has 0 aromatic carbocycles. The third-order valence-electron chi connectivity index (χ3n) is 2.35. The Balaban J connectivity index is 2.60. The molecule has 0 saturated carbocycles. The van der Waals surface area contributed by atoms with Crippen LogP contribution in [0.4, 0.5) is 0 Å². The van der Waals surface area contributed by atoms with Crippen molar-refractivity contribution in [2.24, 2.45) is 7.05 Å². The smallest absolute Gasteiger partial charge is 0.338 e. The van der Waals surface area contributed by atoms with Crippen LogP contribution < -0.4 is 0 Å². The van der Waals surface area contributed by atoms with Crippen LogP contribution >= 0.6 is 0 Å². The molecule has 0 unspecified atom stereocenters. The van der Waals surface area contributed by atoms with Crippen LogP contribution in [0.2, 0.25) is 0 Å². The van der Waals surface area contributed by atoms with Gasteiger partial charge in [0.25, 0.3) is 0 Å². The van der Waals surface area contributed by atoms with Gasteiger partial charge in [0.15, 0.2) is 5.82 Å². The summed E-state index contributed by atoms with van der Waals surface area (Å²) in [6.45, 7) is 1.71. The molecule has 0 aliphatic heterocycles. The van der Waals surface area contributed by atoms with E-state index in [-0.39, 0.29) is 5.56 Å². The van der Waals surface area contributed by atoms with Crippen LogP contribution in [-0.4, -0.2) is 30.6 Å². The summed E-state index contributed by atoms with van der Waals surface area (Å²) in [5.41, 5.74) is 1.03. The number of carboxylic acids is 1. The van der Waals surface area contributed by atoms with E-state index in [9.17, 15) is 4.79 Å². The van der Waals surface area contributed by atoms with Crippen LogP contribution in [0.5, 0.6) is 0 Å². The second-order valence-electron chi connectivity index (χ2n) is 3.50. The maximum atomic E-state index is 10.7. The summed E-state index contributed by atoms with van der Waals surface area (Å²) < 4.78 is 2.83. The molecule has 86 valence electrons. The van der Waals surface area contributed by atoms with Crippen molar-refractivity contribution in [3.05, 3.63) is 29.2 Å². The molecule has 0 fully saturated rings. The van der Waals surface area contributed by atoms with Gasteiger partial charge in [-0.25, -0.2) is 14.2 Å². The Hall–Kier alpha value is -2.62. The summed E-state index contributed by atoms with van der Waals surface area (Å²) in [5.74, 6) is -0.605. The van der Waals surface area contributed by atoms with Crippen molar-refractivity contribution in [3.8, 4) is 11.9 Å². The average molecular weight is 231 g/mol. The van der Waals surface area contributed by atoms with E-state index < -0.39 is 5.97 Å². The molecule has 0 saturated heterocycles. The van der Waals surface area contributed by atoms with Gasteiger partial charge in [-0.05, 0) is 6.92 Å². The zero-order valence-corrected chi connectivity index (χ0v) is 9.25. The predicted octanol–water partition coefficient (Wildman–Crippen LogP) is 0.484. The minimum absolute atomic E-state index is 0.0627. The molecule has 2 rings (SSSR count). The van der Waals surface area contributed by atoms with Gasteiger partial charge >= 0.3 is 5.97 Å². The van der Waals surface area contributed by atoms with E-state index in [1.54, 1.807) is 14.0 Å². The molecule has 0 bridgehead atoms. The largest absolute Gasteiger partial charge is 0.478 e. The Kier molecular flexibility index (Phi) is 2.40. The summed E-state index contributed by atoms with van der Waals surface area (Å²) in [5, 5.41) is 25.8. The maximum absolute atomic E-state index is 10.7. The van der Waals surface area contributed by atoms with Crippen LogP contribution in [0.25, 0.3) is 5.82 Å². The quantitative estimate of drug-likeness (QED) is 0.810. The molecule has 7 nitrogen and oxygen atoms in total. The molecule has 0 spiro atoms. The molecule has 0 amide bonds. The zero-order valence-electron chi connectivity index (χ0n) is 9.25. The number of rotatable bonds is 2.